The summed E-state index contributed by atoms with van der Waals surface area (Å²) >= 11 is 6.17. The Bertz CT molecular complexity index is 512. The van der Waals surface area contributed by atoms with E-state index in [1.165, 1.54) is 7.11 Å². The number of hydrogen-bond donors (Lipinski definition) is 1. The molecule has 5 heteroatoms. The molecule has 1 saturated heterocycles. The number of halogens is 1. The summed E-state index contributed by atoms with van der Waals surface area (Å²) in [6, 6.07) is 7.88. The molecule has 0 saturated carbocycles. The molecule has 1 aromatic carbocycles. The second-order valence-corrected chi connectivity index (χ2v) is 6.44. The number of aliphatic hydroxyl groups is 1. The number of esters is 1. The first kappa shape index (κ1) is 17.3. The fraction of sp³-hybridized carbons (Fsp3) is 0.588. The van der Waals surface area contributed by atoms with Crippen LogP contribution in [-0.2, 0) is 16.0 Å². The number of likely N-dealkylation sites (tertiary alicyclic amines) is 1. The summed E-state index contributed by atoms with van der Waals surface area (Å²) < 4.78 is 4.75. The van der Waals surface area contributed by atoms with Crippen molar-refractivity contribution in [2.75, 3.05) is 26.7 Å². The van der Waals surface area contributed by atoms with Crippen LogP contribution in [-0.4, -0.2) is 48.3 Å². The van der Waals surface area contributed by atoms with Crippen molar-refractivity contribution in [1.82, 2.24) is 4.90 Å². The van der Waals surface area contributed by atoms with E-state index in [4.69, 9.17) is 16.3 Å². The molecule has 122 valence electrons. The van der Waals surface area contributed by atoms with Gasteiger partial charge < -0.3 is 14.7 Å². The van der Waals surface area contributed by atoms with Crippen LogP contribution >= 0.6 is 11.6 Å². The van der Waals surface area contributed by atoms with E-state index in [0.29, 0.717) is 12.8 Å². The number of rotatable bonds is 5. The molecule has 0 bridgehead atoms. The van der Waals surface area contributed by atoms with E-state index in [9.17, 15) is 9.90 Å². The van der Waals surface area contributed by atoms with Crippen LogP contribution in [0.1, 0.15) is 25.3 Å². The summed E-state index contributed by atoms with van der Waals surface area (Å²) in [5, 5.41) is 11.4. The van der Waals surface area contributed by atoms with Crippen molar-refractivity contribution in [3.63, 3.8) is 0 Å². The lowest BCUT2D eigenvalue weighted by molar-refractivity contribution is -0.158. The van der Waals surface area contributed by atoms with E-state index < -0.39 is 11.5 Å². The van der Waals surface area contributed by atoms with Crippen molar-refractivity contribution in [2.24, 2.45) is 5.92 Å². The molecule has 1 N–H and O–H groups in total. The maximum absolute atomic E-state index is 11.6. The zero-order chi connectivity index (χ0) is 16.2. The molecule has 4 nitrogen and oxygen atoms in total. The van der Waals surface area contributed by atoms with Gasteiger partial charge in [0.1, 0.15) is 0 Å². The van der Waals surface area contributed by atoms with Crippen LogP contribution in [0.3, 0.4) is 0 Å². The molecule has 2 rings (SSSR count). The molecular formula is C17H24ClNO3. The molecule has 0 aromatic heterocycles. The van der Waals surface area contributed by atoms with Crippen LogP contribution in [0.15, 0.2) is 24.3 Å². The van der Waals surface area contributed by atoms with Crippen molar-refractivity contribution in [3.05, 3.63) is 34.9 Å². The van der Waals surface area contributed by atoms with Crippen molar-refractivity contribution in [1.29, 1.82) is 0 Å². The lowest BCUT2D eigenvalue weighted by Gasteiger charge is -2.40. The lowest BCUT2D eigenvalue weighted by atomic mass is 9.80. The maximum Gasteiger partial charge on any atom is 0.311 e. The highest BCUT2D eigenvalue weighted by Crippen LogP contribution is 2.30. The molecular weight excluding hydrogens is 302 g/mol. The highest BCUT2D eigenvalue weighted by Gasteiger charge is 2.41. The first-order valence-corrected chi connectivity index (χ1v) is 8.10. The van der Waals surface area contributed by atoms with Gasteiger partial charge in [0.05, 0.1) is 18.6 Å². The van der Waals surface area contributed by atoms with E-state index in [1.807, 2.05) is 24.3 Å². The monoisotopic (exact) mass is 325 g/mol. The van der Waals surface area contributed by atoms with E-state index in [2.05, 4.69) is 4.90 Å². The van der Waals surface area contributed by atoms with Crippen LogP contribution in [0.5, 0.6) is 0 Å². The van der Waals surface area contributed by atoms with Gasteiger partial charge in [0.15, 0.2) is 0 Å². The third kappa shape index (κ3) is 4.00. The standard InChI is InChI=1S/C17H24ClNO3/c1-13(16(20)22-2)17(21)8-11-19(12-9-17)10-7-14-5-3-4-6-15(14)18/h3-6,13,21H,7-12H2,1-2H3. The number of carbonyl (C=O) groups excluding carboxylic acids is 1. The lowest BCUT2D eigenvalue weighted by Crippen LogP contribution is -2.50. The number of benzene rings is 1. The smallest absolute Gasteiger partial charge is 0.311 e. The average Bonchev–Trinajstić information content (AvgIpc) is 2.54. The van der Waals surface area contributed by atoms with Gasteiger partial charge in [-0.05, 0) is 37.8 Å². The molecule has 0 spiro atoms. The summed E-state index contributed by atoms with van der Waals surface area (Å²) in [5.74, 6) is -0.824. The van der Waals surface area contributed by atoms with E-state index in [0.717, 1.165) is 36.6 Å². The Hall–Kier alpha value is -1.10. The first-order valence-electron chi connectivity index (χ1n) is 7.72. The number of hydrogen-bond acceptors (Lipinski definition) is 4. The third-order valence-corrected chi connectivity index (χ3v) is 5.11. The minimum absolute atomic E-state index is 0.341. The van der Waals surface area contributed by atoms with Gasteiger partial charge >= 0.3 is 5.97 Å². The van der Waals surface area contributed by atoms with Gasteiger partial charge in [0, 0.05) is 24.7 Å². The molecule has 1 atom stereocenters. The Kier molecular flexibility index (Phi) is 5.84. The van der Waals surface area contributed by atoms with Gasteiger partial charge in [-0.15, -0.1) is 0 Å². The van der Waals surface area contributed by atoms with Gasteiger partial charge in [-0.3, -0.25) is 4.79 Å². The Morgan fingerprint density at radius 2 is 2.05 bits per heavy atom. The second-order valence-electron chi connectivity index (χ2n) is 6.03. The average molecular weight is 326 g/mol. The molecule has 1 aliphatic heterocycles. The Balaban J connectivity index is 1.85. The molecule has 0 aliphatic carbocycles. The van der Waals surface area contributed by atoms with E-state index >= 15 is 0 Å². The summed E-state index contributed by atoms with van der Waals surface area (Å²) in [5.41, 5.74) is 0.196. The van der Waals surface area contributed by atoms with Crippen LogP contribution in [0.4, 0.5) is 0 Å². The van der Waals surface area contributed by atoms with Gasteiger partial charge in [0.2, 0.25) is 0 Å². The molecule has 1 aliphatic rings. The molecule has 1 unspecified atom stereocenters. The summed E-state index contributed by atoms with van der Waals surface area (Å²) in [6.45, 7) is 4.21. The molecule has 1 fully saturated rings. The third-order valence-electron chi connectivity index (χ3n) is 4.74. The summed E-state index contributed by atoms with van der Waals surface area (Å²) in [6.07, 6.45) is 2.07. The number of nitrogens with zero attached hydrogens (tertiary/aromatic N) is 1. The van der Waals surface area contributed by atoms with Crippen LogP contribution in [0, 0.1) is 5.92 Å². The van der Waals surface area contributed by atoms with Crippen molar-refractivity contribution in [3.8, 4) is 0 Å². The van der Waals surface area contributed by atoms with Crippen LogP contribution in [0.25, 0.3) is 0 Å². The van der Waals surface area contributed by atoms with Crippen LogP contribution in [0.2, 0.25) is 5.02 Å². The minimum Gasteiger partial charge on any atom is -0.469 e. The molecule has 1 heterocycles. The molecule has 0 radical (unpaired) electrons. The predicted molar refractivity (Wildman–Crippen MR) is 87.0 cm³/mol. The Labute approximate surface area is 137 Å². The van der Waals surface area contributed by atoms with E-state index in [-0.39, 0.29) is 5.97 Å². The van der Waals surface area contributed by atoms with Gasteiger partial charge in [0.25, 0.3) is 0 Å². The number of piperidine rings is 1. The fourth-order valence-corrected chi connectivity index (χ4v) is 3.20. The highest BCUT2D eigenvalue weighted by atomic mass is 35.5. The summed E-state index contributed by atoms with van der Waals surface area (Å²) in [7, 11) is 1.36. The number of carbonyl (C=O) groups is 1. The highest BCUT2D eigenvalue weighted by molar-refractivity contribution is 6.31. The van der Waals surface area contributed by atoms with Crippen LogP contribution < -0.4 is 0 Å². The second kappa shape index (κ2) is 7.44. The zero-order valence-electron chi connectivity index (χ0n) is 13.2. The zero-order valence-corrected chi connectivity index (χ0v) is 14.0. The van der Waals surface area contributed by atoms with Gasteiger partial charge in [-0.1, -0.05) is 29.8 Å². The van der Waals surface area contributed by atoms with Crippen molar-refractivity contribution < 1.29 is 14.6 Å². The molecule has 1 aromatic rings. The first-order chi connectivity index (χ1) is 10.5. The largest absolute Gasteiger partial charge is 0.469 e. The fourth-order valence-electron chi connectivity index (χ4n) is 2.97. The van der Waals surface area contributed by atoms with Crippen molar-refractivity contribution in [2.45, 2.75) is 31.8 Å². The quantitative estimate of drug-likeness (QED) is 0.845. The SMILES string of the molecule is COC(=O)C(C)C1(O)CCN(CCc2ccccc2Cl)CC1. The topological polar surface area (TPSA) is 49.8 Å². The van der Waals surface area contributed by atoms with Gasteiger partial charge in [-0.25, -0.2) is 0 Å². The summed E-state index contributed by atoms with van der Waals surface area (Å²) in [4.78, 5) is 13.9. The number of methoxy groups -OCH3 is 1. The predicted octanol–water partition coefficient (Wildman–Crippen LogP) is 2.52. The Morgan fingerprint density at radius 3 is 2.64 bits per heavy atom. The Morgan fingerprint density at radius 1 is 1.41 bits per heavy atom. The minimum atomic E-state index is -0.950. The normalized spacial score (nSPS) is 19.6. The van der Waals surface area contributed by atoms with Crippen molar-refractivity contribution >= 4 is 17.6 Å². The molecule has 0 amide bonds. The molecule has 22 heavy (non-hydrogen) atoms. The number of ether oxygens (including phenoxy) is 1. The van der Waals surface area contributed by atoms with E-state index in [1.54, 1.807) is 6.92 Å². The van der Waals surface area contributed by atoms with Gasteiger partial charge in [-0.2, -0.15) is 0 Å². The maximum atomic E-state index is 11.6.